The third-order valence-corrected chi connectivity index (χ3v) is 3.45. The number of hydrogen-bond donors (Lipinski definition) is 0. The molecule has 0 aliphatic carbocycles. The lowest BCUT2D eigenvalue weighted by atomic mass is 10.00. The normalized spacial score (nSPS) is 10.5. The second kappa shape index (κ2) is 5.21. The standard InChI is InChI=1S/C17H16N3/c1-13-6-7-14(16-8-9-18-12-19-16)11-15(13)17-5-3-4-10-20(17)2/h3-12H,1-2H3/q+1. The molecule has 0 spiro atoms. The molecule has 3 aromatic rings. The summed E-state index contributed by atoms with van der Waals surface area (Å²) >= 11 is 0. The molecular formula is C17H16N3+. The molecule has 0 N–H and O–H groups in total. The summed E-state index contributed by atoms with van der Waals surface area (Å²) < 4.78 is 2.13. The van der Waals surface area contributed by atoms with Crippen LogP contribution >= 0.6 is 0 Å². The van der Waals surface area contributed by atoms with E-state index in [9.17, 15) is 0 Å². The Bertz CT molecular complexity index is 736. The van der Waals surface area contributed by atoms with Crippen LogP contribution in [0.5, 0.6) is 0 Å². The van der Waals surface area contributed by atoms with Gasteiger partial charge >= 0.3 is 0 Å². The van der Waals surface area contributed by atoms with Gasteiger partial charge in [-0.25, -0.2) is 14.5 Å². The van der Waals surface area contributed by atoms with Crippen molar-refractivity contribution < 1.29 is 4.57 Å². The zero-order chi connectivity index (χ0) is 13.9. The van der Waals surface area contributed by atoms with Crippen molar-refractivity contribution in [2.45, 2.75) is 6.92 Å². The van der Waals surface area contributed by atoms with Crippen LogP contribution in [0.4, 0.5) is 0 Å². The first-order valence-corrected chi connectivity index (χ1v) is 6.58. The van der Waals surface area contributed by atoms with Gasteiger partial charge < -0.3 is 0 Å². The van der Waals surface area contributed by atoms with Crippen molar-refractivity contribution in [3.05, 3.63) is 66.7 Å². The molecule has 0 bridgehead atoms. The Labute approximate surface area is 118 Å². The highest BCUT2D eigenvalue weighted by molar-refractivity contribution is 5.70. The van der Waals surface area contributed by atoms with E-state index >= 15 is 0 Å². The minimum absolute atomic E-state index is 0.944. The Balaban J connectivity index is 2.15. The summed E-state index contributed by atoms with van der Waals surface area (Å²) in [6.07, 6.45) is 5.41. The second-order valence-electron chi connectivity index (χ2n) is 4.82. The van der Waals surface area contributed by atoms with Crippen LogP contribution in [-0.4, -0.2) is 9.97 Å². The fourth-order valence-corrected chi connectivity index (χ4v) is 2.32. The molecule has 3 heteroatoms. The molecule has 20 heavy (non-hydrogen) atoms. The van der Waals surface area contributed by atoms with Crippen LogP contribution < -0.4 is 4.57 Å². The van der Waals surface area contributed by atoms with Gasteiger partial charge in [-0.1, -0.05) is 12.1 Å². The van der Waals surface area contributed by atoms with E-state index in [1.165, 1.54) is 16.8 Å². The average Bonchev–Trinajstić information content (AvgIpc) is 2.49. The summed E-state index contributed by atoms with van der Waals surface area (Å²) in [5.41, 5.74) is 5.73. The molecule has 0 saturated heterocycles. The monoisotopic (exact) mass is 262 g/mol. The molecule has 98 valence electrons. The SMILES string of the molecule is Cc1ccc(-c2ccncn2)cc1-c1cccc[n+]1C. The minimum Gasteiger partial charge on any atom is -0.245 e. The van der Waals surface area contributed by atoms with E-state index in [0.29, 0.717) is 0 Å². The van der Waals surface area contributed by atoms with Crippen LogP contribution in [0, 0.1) is 6.92 Å². The number of pyridine rings is 1. The van der Waals surface area contributed by atoms with Crippen molar-refractivity contribution in [2.24, 2.45) is 7.05 Å². The number of aryl methyl sites for hydroxylation is 2. The predicted molar refractivity (Wildman–Crippen MR) is 78.8 cm³/mol. The van der Waals surface area contributed by atoms with Gasteiger partial charge in [0.05, 0.1) is 5.69 Å². The molecule has 2 aromatic heterocycles. The highest BCUT2D eigenvalue weighted by Gasteiger charge is 2.12. The van der Waals surface area contributed by atoms with Gasteiger partial charge in [-0.3, -0.25) is 0 Å². The first-order chi connectivity index (χ1) is 9.75. The number of rotatable bonds is 2. The molecule has 2 heterocycles. The topological polar surface area (TPSA) is 29.7 Å². The number of benzene rings is 1. The number of nitrogens with zero attached hydrogens (tertiary/aromatic N) is 3. The zero-order valence-corrected chi connectivity index (χ0v) is 11.6. The Morgan fingerprint density at radius 3 is 2.70 bits per heavy atom. The molecule has 0 atom stereocenters. The van der Waals surface area contributed by atoms with Crippen molar-refractivity contribution in [1.82, 2.24) is 9.97 Å². The summed E-state index contributed by atoms with van der Waals surface area (Å²) in [5.74, 6) is 0. The highest BCUT2D eigenvalue weighted by Crippen LogP contribution is 2.26. The molecule has 0 saturated carbocycles. The van der Waals surface area contributed by atoms with Crippen LogP contribution in [0.25, 0.3) is 22.5 Å². The third-order valence-electron chi connectivity index (χ3n) is 3.45. The first-order valence-electron chi connectivity index (χ1n) is 6.58. The zero-order valence-electron chi connectivity index (χ0n) is 11.6. The molecule has 0 aliphatic rings. The summed E-state index contributed by atoms with van der Waals surface area (Å²) in [6.45, 7) is 2.13. The molecule has 0 aliphatic heterocycles. The summed E-state index contributed by atoms with van der Waals surface area (Å²) in [6, 6.07) is 14.6. The van der Waals surface area contributed by atoms with Gasteiger partial charge in [-0.05, 0) is 30.7 Å². The lowest BCUT2D eigenvalue weighted by Gasteiger charge is -2.07. The lowest BCUT2D eigenvalue weighted by molar-refractivity contribution is -0.660. The molecule has 3 rings (SSSR count). The maximum Gasteiger partial charge on any atom is 0.212 e. The van der Waals surface area contributed by atoms with Gasteiger partial charge in [-0.2, -0.15) is 0 Å². The predicted octanol–water partition coefficient (Wildman–Crippen LogP) is 2.94. The number of aromatic nitrogens is 3. The lowest BCUT2D eigenvalue weighted by Crippen LogP contribution is -2.30. The van der Waals surface area contributed by atoms with Crippen molar-refractivity contribution in [2.75, 3.05) is 0 Å². The Morgan fingerprint density at radius 1 is 1.05 bits per heavy atom. The fraction of sp³-hybridized carbons (Fsp3) is 0.118. The molecule has 0 radical (unpaired) electrons. The Morgan fingerprint density at radius 2 is 1.95 bits per heavy atom. The largest absolute Gasteiger partial charge is 0.245 e. The van der Waals surface area contributed by atoms with E-state index in [-0.39, 0.29) is 0 Å². The van der Waals surface area contributed by atoms with E-state index in [2.05, 4.69) is 65.0 Å². The van der Waals surface area contributed by atoms with Crippen molar-refractivity contribution >= 4 is 0 Å². The van der Waals surface area contributed by atoms with Crippen LogP contribution in [0.15, 0.2) is 61.2 Å². The molecule has 1 aromatic carbocycles. The maximum absolute atomic E-state index is 4.32. The highest BCUT2D eigenvalue weighted by atomic mass is 14.9. The molecule has 0 amide bonds. The van der Waals surface area contributed by atoms with Crippen molar-refractivity contribution in [3.63, 3.8) is 0 Å². The van der Waals surface area contributed by atoms with Gasteiger partial charge in [0.25, 0.3) is 0 Å². The number of hydrogen-bond acceptors (Lipinski definition) is 2. The fourth-order valence-electron chi connectivity index (χ4n) is 2.32. The van der Waals surface area contributed by atoms with Gasteiger partial charge in [-0.15, -0.1) is 0 Å². The molecular weight excluding hydrogens is 246 g/mol. The Kier molecular flexibility index (Phi) is 3.25. The summed E-state index contributed by atoms with van der Waals surface area (Å²) in [5, 5.41) is 0. The first kappa shape index (κ1) is 12.5. The van der Waals surface area contributed by atoms with Gasteiger partial charge in [0.1, 0.15) is 13.4 Å². The van der Waals surface area contributed by atoms with Crippen LogP contribution in [0.2, 0.25) is 0 Å². The molecule has 3 nitrogen and oxygen atoms in total. The third kappa shape index (κ3) is 2.30. The average molecular weight is 262 g/mol. The van der Waals surface area contributed by atoms with Crippen LogP contribution in [0.1, 0.15) is 5.56 Å². The van der Waals surface area contributed by atoms with Gasteiger partial charge in [0.2, 0.25) is 5.69 Å². The summed E-state index contributed by atoms with van der Waals surface area (Å²) in [7, 11) is 2.06. The van der Waals surface area contributed by atoms with E-state index in [1.54, 1.807) is 12.5 Å². The quantitative estimate of drug-likeness (QED) is 0.665. The van der Waals surface area contributed by atoms with Crippen LogP contribution in [0.3, 0.4) is 0 Å². The van der Waals surface area contributed by atoms with Gasteiger partial charge in [0.15, 0.2) is 6.20 Å². The van der Waals surface area contributed by atoms with Crippen LogP contribution in [-0.2, 0) is 7.05 Å². The van der Waals surface area contributed by atoms with Gasteiger partial charge in [0, 0.05) is 29.5 Å². The minimum atomic E-state index is 0.944. The molecule has 0 fully saturated rings. The van der Waals surface area contributed by atoms with Crippen molar-refractivity contribution in [1.29, 1.82) is 0 Å². The van der Waals surface area contributed by atoms with E-state index < -0.39 is 0 Å². The van der Waals surface area contributed by atoms with Crippen molar-refractivity contribution in [3.8, 4) is 22.5 Å². The maximum atomic E-state index is 4.32. The summed E-state index contributed by atoms with van der Waals surface area (Å²) in [4.78, 5) is 8.29. The second-order valence-corrected chi connectivity index (χ2v) is 4.82. The molecule has 0 unspecified atom stereocenters. The van der Waals surface area contributed by atoms with E-state index in [4.69, 9.17) is 0 Å². The van der Waals surface area contributed by atoms with E-state index in [0.717, 1.165) is 11.3 Å². The Hall–Kier alpha value is -2.55. The smallest absolute Gasteiger partial charge is 0.212 e. The van der Waals surface area contributed by atoms with E-state index in [1.807, 2.05) is 12.1 Å².